The Kier molecular flexibility index (Phi) is 4.23. The standard InChI is InChI=1S/C5H10N2O/c1-5(4-6)7-2-3-8/h5,7-8H,2-3H2,1H3/t5-/m1/s1. The number of aliphatic hydroxyl groups excluding tert-OH is 1. The summed E-state index contributed by atoms with van der Waals surface area (Å²) >= 11 is 0. The fraction of sp³-hybridized carbons (Fsp3) is 0.800. The molecule has 8 heavy (non-hydrogen) atoms. The van der Waals surface area contributed by atoms with Gasteiger partial charge in [0.2, 0.25) is 0 Å². The molecule has 1 atom stereocenters. The van der Waals surface area contributed by atoms with E-state index in [1.165, 1.54) is 0 Å². The molecule has 0 saturated heterocycles. The summed E-state index contributed by atoms with van der Waals surface area (Å²) in [6.45, 7) is 2.33. The van der Waals surface area contributed by atoms with Crippen molar-refractivity contribution in [3.8, 4) is 6.07 Å². The fourth-order valence-corrected chi connectivity index (χ4v) is 0.327. The third-order valence-electron chi connectivity index (χ3n) is 0.756. The van der Waals surface area contributed by atoms with Gasteiger partial charge < -0.3 is 5.11 Å². The number of nitrogens with zero attached hydrogens (tertiary/aromatic N) is 1. The van der Waals surface area contributed by atoms with Gasteiger partial charge in [0.15, 0.2) is 0 Å². The van der Waals surface area contributed by atoms with Crippen LogP contribution in [0.1, 0.15) is 6.92 Å². The Morgan fingerprint density at radius 2 is 2.50 bits per heavy atom. The highest BCUT2D eigenvalue weighted by Gasteiger charge is 1.92. The average molecular weight is 114 g/mol. The van der Waals surface area contributed by atoms with E-state index < -0.39 is 0 Å². The summed E-state index contributed by atoms with van der Waals surface area (Å²) in [6.07, 6.45) is 0. The van der Waals surface area contributed by atoms with Gasteiger partial charge in [0.05, 0.1) is 18.7 Å². The van der Waals surface area contributed by atoms with Crippen molar-refractivity contribution in [2.24, 2.45) is 0 Å². The second-order valence-electron chi connectivity index (χ2n) is 1.53. The Morgan fingerprint density at radius 3 is 2.88 bits per heavy atom. The molecule has 0 aromatic heterocycles. The molecule has 3 nitrogen and oxygen atoms in total. The van der Waals surface area contributed by atoms with Gasteiger partial charge >= 0.3 is 0 Å². The van der Waals surface area contributed by atoms with Gasteiger partial charge in [-0.2, -0.15) is 5.26 Å². The van der Waals surface area contributed by atoms with Crippen molar-refractivity contribution in [1.82, 2.24) is 5.32 Å². The molecule has 2 N–H and O–H groups in total. The maximum atomic E-state index is 8.24. The van der Waals surface area contributed by atoms with E-state index in [0.29, 0.717) is 6.54 Å². The average Bonchev–Trinajstić information content (AvgIpc) is 1.83. The number of rotatable bonds is 3. The van der Waals surface area contributed by atoms with Crippen molar-refractivity contribution < 1.29 is 5.11 Å². The lowest BCUT2D eigenvalue weighted by molar-refractivity contribution is 0.290. The maximum absolute atomic E-state index is 8.24. The Morgan fingerprint density at radius 1 is 1.88 bits per heavy atom. The third kappa shape index (κ3) is 3.59. The Hall–Kier alpha value is -0.590. The summed E-state index contributed by atoms with van der Waals surface area (Å²) in [4.78, 5) is 0. The van der Waals surface area contributed by atoms with E-state index in [9.17, 15) is 0 Å². The molecule has 0 rings (SSSR count). The van der Waals surface area contributed by atoms with Crippen LogP contribution >= 0.6 is 0 Å². The molecule has 0 aliphatic heterocycles. The van der Waals surface area contributed by atoms with Crippen LogP contribution in [0.5, 0.6) is 0 Å². The highest BCUT2D eigenvalue weighted by atomic mass is 16.3. The van der Waals surface area contributed by atoms with E-state index >= 15 is 0 Å². The quantitative estimate of drug-likeness (QED) is 0.519. The minimum absolute atomic E-state index is 0.0893. The summed E-state index contributed by atoms with van der Waals surface area (Å²) in [5, 5.41) is 19.2. The molecule has 0 heterocycles. The van der Waals surface area contributed by atoms with Crippen molar-refractivity contribution in [2.45, 2.75) is 13.0 Å². The Balaban J connectivity index is 3.02. The first-order valence-electron chi connectivity index (χ1n) is 2.55. The second kappa shape index (κ2) is 4.57. The van der Waals surface area contributed by atoms with Crippen LogP contribution in [0.2, 0.25) is 0 Å². The zero-order chi connectivity index (χ0) is 6.41. The summed E-state index contributed by atoms with van der Waals surface area (Å²) in [5.41, 5.74) is 0. The lowest BCUT2D eigenvalue weighted by Gasteiger charge is -2.00. The summed E-state index contributed by atoms with van der Waals surface area (Å²) < 4.78 is 0. The molecule has 0 radical (unpaired) electrons. The first kappa shape index (κ1) is 7.41. The van der Waals surface area contributed by atoms with Gasteiger partial charge in [-0.3, -0.25) is 5.32 Å². The molecule has 0 bridgehead atoms. The highest BCUT2D eigenvalue weighted by Crippen LogP contribution is 1.72. The zero-order valence-electron chi connectivity index (χ0n) is 4.89. The van der Waals surface area contributed by atoms with Crippen molar-refractivity contribution in [2.75, 3.05) is 13.2 Å². The predicted octanol–water partition coefficient (Wildman–Crippen LogP) is -0.520. The van der Waals surface area contributed by atoms with Crippen LogP contribution in [-0.4, -0.2) is 24.3 Å². The smallest absolute Gasteiger partial charge is 0.0925 e. The first-order valence-corrected chi connectivity index (χ1v) is 2.55. The lowest BCUT2D eigenvalue weighted by atomic mass is 10.4. The molecule has 0 aliphatic carbocycles. The van der Waals surface area contributed by atoms with Gasteiger partial charge in [0.25, 0.3) is 0 Å². The van der Waals surface area contributed by atoms with Crippen molar-refractivity contribution in [1.29, 1.82) is 5.26 Å². The molecule has 3 heteroatoms. The van der Waals surface area contributed by atoms with Gasteiger partial charge in [0, 0.05) is 6.54 Å². The van der Waals surface area contributed by atoms with Crippen LogP contribution in [0.25, 0.3) is 0 Å². The van der Waals surface area contributed by atoms with Gasteiger partial charge in [-0.1, -0.05) is 0 Å². The van der Waals surface area contributed by atoms with Crippen molar-refractivity contribution in [3.05, 3.63) is 0 Å². The first-order chi connectivity index (χ1) is 3.81. The number of nitriles is 1. The number of hydrogen-bond acceptors (Lipinski definition) is 3. The highest BCUT2D eigenvalue weighted by molar-refractivity contribution is 4.84. The minimum atomic E-state index is -0.151. The van der Waals surface area contributed by atoms with E-state index in [0.717, 1.165) is 0 Å². The van der Waals surface area contributed by atoms with Crippen molar-refractivity contribution in [3.63, 3.8) is 0 Å². The molecule has 0 aliphatic rings. The molecule has 0 fully saturated rings. The van der Waals surface area contributed by atoms with Crippen LogP contribution < -0.4 is 5.32 Å². The zero-order valence-corrected chi connectivity index (χ0v) is 4.89. The molecular formula is C5H10N2O. The van der Waals surface area contributed by atoms with Gasteiger partial charge in [0.1, 0.15) is 0 Å². The molecule has 0 amide bonds. The molecule has 46 valence electrons. The van der Waals surface area contributed by atoms with Crippen LogP contribution in [0.15, 0.2) is 0 Å². The van der Waals surface area contributed by atoms with E-state index in [-0.39, 0.29) is 12.6 Å². The van der Waals surface area contributed by atoms with Crippen molar-refractivity contribution >= 4 is 0 Å². The SMILES string of the molecule is C[C@H](C#N)NCCO. The second-order valence-corrected chi connectivity index (χ2v) is 1.53. The topological polar surface area (TPSA) is 56.0 Å². The molecule has 0 aromatic carbocycles. The normalized spacial score (nSPS) is 12.6. The Bertz CT molecular complexity index is 86.9. The van der Waals surface area contributed by atoms with Crippen LogP contribution in [0.3, 0.4) is 0 Å². The summed E-state index contributed by atoms with van der Waals surface area (Å²) in [5.74, 6) is 0. The fourth-order valence-electron chi connectivity index (χ4n) is 0.327. The maximum Gasteiger partial charge on any atom is 0.0925 e. The molecule has 0 unspecified atom stereocenters. The Labute approximate surface area is 48.9 Å². The monoisotopic (exact) mass is 114 g/mol. The number of nitrogens with one attached hydrogen (secondary N) is 1. The third-order valence-corrected chi connectivity index (χ3v) is 0.756. The number of hydrogen-bond donors (Lipinski definition) is 2. The van der Waals surface area contributed by atoms with E-state index in [2.05, 4.69) is 5.32 Å². The van der Waals surface area contributed by atoms with Gasteiger partial charge in [-0.05, 0) is 6.92 Å². The van der Waals surface area contributed by atoms with E-state index in [1.807, 2.05) is 6.07 Å². The predicted molar refractivity (Wildman–Crippen MR) is 30.2 cm³/mol. The minimum Gasteiger partial charge on any atom is -0.395 e. The van der Waals surface area contributed by atoms with Gasteiger partial charge in [-0.15, -0.1) is 0 Å². The van der Waals surface area contributed by atoms with E-state index in [1.54, 1.807) is 6.92 Å². The number of aliphatic hydroxyl groups is 1. The van der Waals surface area contributed by atoms with Crippen LogP contribution in [0, 0.1) is 11.3 Å². The molecular weight excluding hydrogens is 104 g/mol. The molecule has 0 spiro atoms. The van der Waals surface area contributed by atoms with Gasteiger partial charge in [-0.25, -0.2) is 0 Å². The van der Waals surface area contributed by atoms with Crippen LogP contribution in [-0.2, 0) is 0 Å². The summed E-state index contributed by atoms with van der Waals surface area (Å²) in [7, 11) is 0. The lowest BCUT2D eigenvalue weighted by Crippen LogP contribution is -2.26. The molecule has 0 aromatic rings. The molecule has 0 saturated carbocycles. The largest absolute Gasteiger partial charge is 0.395 e. The van der Waals surface area contributed by atoms with E-state index in [4.69, 9.17) is 10.4 Å². The van der Waals surface area contributed by atoms with Crippen LogP contribution in [0.4, 0.5) is 0 Å². The summed E-state index contributed by atoms with van der Waals surface area (Å²) in [6, 6.07) is 1.83.